The predicted molar refractivity (Wildman–Crippen MR) is 98.5 cm³/mol. The first-order chi connectivity index (χ1) is 13.2. The summed E-state index contributed by atoms with van der Waals surface area (Å²) >= 11 is 0. The van der Waals surface area contributed by atoms with Crippen molar-refractivity contribution >= 4 is 22.5 Å². The second kappa shape index (κ2) is 7.02. The van der Waals surface area contributed by atoms with Gasteiger partial charge < -0.3 is 14.8 Å². The van der Waals surface area contributed by atoms with E-state index >= 15 is 0 Å². The molecule has 1 unspecified atom stereocenters. The third-order valence-electron chi connectivity index (χ3n) is 4.48. The molecule has 0 saturated heterocycles. The molecule has 2 aromatic carbocycles. The fraction of sp³-hybridized carbons (Fsp3) is 0.200. The van der Waals surface area contributed by atoms with Crippen LogP contribution in [0.2, 0.25) is 0 Å². The van der Waals surface area contributed by atoms with Crippen molar-refractivity contribution in [1.82, 2.24) is 9.97 Å². The van der Waals surface area contributed by atoms with Crippen LogP contribution in [0.5, 0.6) is 5.75 Å². The molecule has 0 fully saturated rings. The van der Waals surface area contributed by atoms with Gasteiger partial charge in [-0.15, -0.1) is 0 Å². The van der Waals surface area contributed by atoms with Crippen LogP contribution in [0.25, 0.3) is 10.9 Å². The number of hydrogen-bond acceptors (Lipinski definition) is 6. The molecular weight excluding hydrogens is 344 g/mol. The highest BCUT2D eigenvalue weighted by Gasteiger charge is 2.34. The van der Waals surface area contributed by atoms with Crippen molar-refractivity contribution in [3.8, 4) is 11.8 Å². The fourth-order valence-electron chi connectivity index (χ4n) is 3.22. The van der Waals surface area contributed by atoms with Gasteiger partial charge in [0.25, 0.3) is 0 Å². The zero-order chi connectivity index (χ0) is 18.8. The van der Waals surface area contributed by atoms with E-state index in [1.807, 2.05) is 18.2 Å². The average molecular weight is 360 g/mol. The molecule has 0 radical (unpaired) electrons. The number of anilines is 1. The number of ether oxygens (including phenoxy) is 2. The van der Waals surface area contributed by atoms with Crippen LogP contribution < -0.4 is 10.1 Å². The summed E-state index contributed by atoms with van der Waals surface area (Å²) in [4.78, 5) is 21.3. The fourth-order valence-corrected chi connectivity index (χ4v) is 3.22. The van der Waals surface area contributed by atoms with Gasteiger partial charge in [-0.3, -0.25) is 4.79 Å². The van der Waals surface area contributed by atoms with Crippen molar-refractivity contribution in [3.63, 3.8) is 0 Å². The summed E-state index contributed by atoms with van der Waals surface area (Å²) in [6.45, 7) is 0.933. The smallest absolute Gasteiger partial charge is 0.238 e. The van der Waals surface area contributed by atoms with Gasteiger partial charge >= 0.3 is 0 Å². The quantitative estimate of drug-likeness (QED) is 0.703. The third kappa shape index (κ3) is 3.07. The second-order valence-electron chi connectivity index (χ2n) is 6.12. The molecule has 1 atom stereocenters. The van der Waals surface area contributed by atoms with Gasteiger partial charge in [0, 0.05) is 24.2 Å². The minimum Gasteiger partial charge on any atom is -0.491 e. The van der Waals surface area contributed by atoms with E-state index in [4.69, 9.17) is 9.47 Å². The number of nitrogens with zero attached hydrogens (tertiary/aromatic N) is 3. The number of fused-ring (bicyclic) bond motifs is 2. The van der Waals surface area contributed by atoms with Crippen molar-refractivity contribution in [2.24, 2.45) is 0 Å². The highest BCUT2D eigenvalue weighted by Crippen LogP contribution is 2.39. The number of carbonyl (C=O) groups is 1. The summed E-state index contributed by atoms with van der Waals surface area (Å²) in [5, 5.41) is 12.8. The van der Waals surface area contributed by atoms with Crippen LogP contribution in [0.15, 0.2) is 42.7 Å². The maximum atomic E-state index is 12.6. The largest absolute Gasteiger partial charge is 0.491 e. The molecule has 27 heavy (non-hydrogen) atoms. The van der Waals surface area contributed by atoms with Gasteiger partial charge in [-0.05, 0) is 35.9 Å². The number of amides is 1. The first kappa shape index (κ1) is 16.9. The maximum Gasteiger partial charge on any atom is 0.238 e. The zero-order valence-corrected chi connectivity index (χ0v) is 14.6. The summed E-state index contributed by atoms with van der Waals surface area (Å²) in [5.41, 5.74) is 3.25. The molecule has 0 saturated carbocycles. The summed E-state index contributed by atoms with van der Waals surface area (Å²) in [5.74, 6) is -0.0770. The highest BCUT2D eigenvalue weighted by molar-refractivity contribution is 6.06. The van der Waals surface area contributed by atoms with Gasteiger partial charge in [-0.2, -0.15) is 5.26 Å². The number of rotatable bonds is 5. The van der Waals surface area contributed by atoms with Gasteiger partial charge in [0.15, 0.2) is 0 Å². The first-order valence-corrected chi connectivity index (χ1v) is 8.42. The Labute approximate surface area is 155 Å². The number of aromatic nitrogens is 2. The molecule has 0 aliphatic carbocycles. The molecule has 2 heterocycles. The minimum absolute atomic E-state index is 0.166. The number of carbonyl (C=O) groups excluding carboxylic acids is 1. The molecule has 7 heteroatoms. The first-order valence-electron chi connectivity index (χ1n) is 8.42. The summed E-state index contributed by atoms with van der Waals surface area (Å²) in [6, 6.07) is 12.8. The Hall–Kier alpha value is -3.50. The third-order valence-corrected chi connectivity index (χ3v) is 4.48. The van der Waals surface area contributed by atoms with E-state index < -0.39 is 5.92 Å². The van der Waals surface area contributed by atoms with Crippen molar-refractivity contribution in [1.29, 1.82) is 5.26 Å². The number of nitrogens with one attached hydrogen (secondary N) is 1. The Kier molecular flexibility index (Phi) is 4.40. The van der Waals surface area contributed by atoms with Crippen LogP contribution in [0.3, 0.4) is 0 Å². The summed E-state index contributed by atoms with van der Waals surface area (Å²) in [7, 11) is 1.62. The highest BCUT2D eigenvalue weighted by atomic mass is 16.5. The van der Waals surface area contributed by atoms with E-state index in [1.54, 1.807) is 25.3 Å². The van der Waals surface area contributed by atoms with Gasteiger partial charge in [0.2, 0.25) is 5.91 Å². The topological polar surface area (TPSA) is 97.1 Å². The molecule has 4 rings (SSSR count). The van der Waals surface area contributed by atoms with Crippen LogP contribution in [0.4, 0.5) is 5.69 Å². The monoisotopic (exact) mass is 360 g/mol. The van der Waals surface area contributed by atoms with Gasteiger partial charge in [-0.25, -0.2) is 9.97 Å². The van der Waals surface area contributed by atoms with Crippen LogP contribution in [0.1, 0.15) is 22.7 Å². The lowest BCUT2D eigenvalue weighted by Crippen LogP contribution is -2.15. The lowest BCUT2D eigenvalue weighted by atomic mass is 9.93. The molecule has 7 nitrogen and oxygen atoms in total. The van der Waals surface area contributed by atoms with E-state index in [-0.39, 0.29) is 5.91 Å². The molecule has 3 aromatic rings. The number of nitriles is 1. The Balaban J connectivity index is 1.77. The SMILES string of the molecule is COCCOc1ccc2c(C3C(=O)Nc4ccc(C#N)cc43)ncnc2c1. The molecule has 1 aliphatic rings. The molecule has 0 bridgehead atoms. The number of benzene rings is 2. The van der Waals surface area contributed by atoms with Crippen molar-refractivity contribution in [3.05, 3.63) is 59.5 Å². The summed E-state index contributed by atoms with van der Waals surface area (Å²) < 4.78 is 10.6. The average Bonchev–Trinajstić information content (AvgIpc) is 3.02. The van der Waals surface area contributed by atoms with Gasteiger partial charge in [0.1, 0.15) is 24.6 Å². The van der Waals surface area contributed by atoms with Crippen molar-refractivity contribution in [2.45, 2.75) is 5.92 Å². The number of hydrogen-bond donors (Lipinski definition) is 1. The van der Waals surface area contributed by atoms with E-state index in [0.717, 1.165) is 10.9 Å². The Morgan fingerprint density at radius 1 is 1.19 bits per heavy atom. The van der Waals surface area contributed by atoms with Crippen molar-refractivity contribution < 1.29 is 14.3 Å². The normalized spacial score (nSPS) is 15.3. The van der Waals surface area contributed by atoms with Crippen LogP contribution in [0, 0.1) is 11.3 Å². The molecule has 1 aliphatic heterocycles. The maximum absolute atomic E-state index is 12.6. The zero-order valence-electron chi connectivity index (χ0n) is 14.6. The van der Waals surface area contributed by atoms with Crippen molar-refractivity contribution in [2.75, 3.05) is 25.6 Å². The Morgan fingerprint density at radius 2 is 2.07 bits per heavy atom. The summed E-state index contributed by atoms with van der Waals surface area (Å²) in [6.07, 6.45) is 1.44. The van der Waals surface area contributed by atoms with E-state index in [1.165, 1.54) is 6.33 Å². The Morgan fingerprint density at radius 3 is 2.89 bits per heavy atom. The number of methoxy groups -OCH3 is 1. The van der Waals surface area contributed by atoms with Crippen LogP contribution >= 0.6 is 0 Å². The molecule has 0 spiro atoms. The molecule has 1 N–H and O–H groups in total. The van der Waals surface area contributed by atoms with E-state index in [0.29, 0.717) is 41.4 Å². The Bertz CT molecular complexity index is 1070. The molecule has 1 amide bonds. The minimum atomic E-state index is -0.584. The van der Waals surface area contributed by atoms with E-state index in [2.05, 4.69) is 21.4 Å². The van der Waals surface area contributed by atoms with E-state index in [9.17, 15) is 10.1 Å². The molecule has 1 aromatic heterocycles. The van der Waals surface area contributed by atoms with Gasteiger partial charge in [0.05, 0.1) is 29.5 Å². The predicted octanol–water partition coefficient (Wildman–Crippen LogP) is 2.61. The lowest BCUT2D eigenvalue weighted by Gasteiger charge is -2.12. The lowest BCUT2D eigenvalue weighted by molar-refractivity contribution is -0.116. The molecular formula is C20H16N4O3. The van der Waals surface area contributed by atoms with Crippen LogP contribution in [-0.2, 0) is 9.53 Å². The molecule has 134 valence electrons. The standard InChI is InChI=1S/C20H16N4O3/c1-26-6-7-27-13-3-4-14-17(9-13)22-11-23-19(14)18-15-8-12(10-21)2-5-16(15)24-20(18)25/h2-5,8-9,11,18H,6-7H2,1H3,(H,24,25). The van der Waals surface area contributed by atoms with Gasteiger partial charge in [-0.1, -0.05) is 0 Å². The van der Waals surface area contributed by atoms with Crippen LogP contribution in [-0.4, -0.2) is 36.2 Å². The second-order valence-corrected chi connectivity index (χ2v) is 6.12.